The van der Waals surface area contributed by atoms with Crippen LogP contribution in [0, 0.1) is 6.92 Å². The van der Waals surface area contributed by atoms with E-state index in [4.69, 9.17) is 4.74 Å². The predicted octanol–water partition coefficient (Wildman–Crippen LogP) is 2.53. The zero-order valence-corrected chi connectivity index (χ0v) is 16.6. The first-order chi connectivity index (χ1) is 13.7. The highest BCUT2D eigenvalue weighted by Gasteiger charge is 2.24. The van der Waals surface area contributed by atoms with E-state index in [1.165, 1.54) is 11.1 Å². The molecule has 0 saturated carbocycles. The van der Waals surface area contributed by atoms with Crippen LogP contribution in [0.5, 0.6) is 5.75 Å². The van der Waals surface area contributed by atoms with Crippen molar-refractivity contribution in [1.29, 1.82) is 0 Å². The van der Waals surface area contributed by atoms with Gasteiger partial charge < -0.3 is 9.64 Å². The van der Waals surface area contributed by atoms with Crippen LogP contribution >= 0.6 is 0 Å². The molecule has 0 N–H and O–H groups in total. The van der Waals surface area contributed by atoms with Crippen LogP contribution in [0.2, 0.25) is 0 Å². The van der Waals surface area contributed by atoms with E-state index in [1.807, 2.05) is 23.1 Å². The van der Waals surface area contributed by atoms with Gasteiger partial charge in [-0.3, -0.25) is 14.6 Å². The Morgan fingerprint density at radius 1 is 0.929 bits per heavy atom. The number of ether oxygens (including phenoxy) is 1. The second-order valence-corrected chi connectivity index (χ2v) is 7.75. The number of fused-ring (bicyclic) bond motifs is 1. The minimum Gasteiger partial charge on any atom is -0.492 e. The predicted molar refractivity (Wildman–Crippen MR) is 110 cm³/mol. The first-order valence-corrected chi connectivity index (χ1v) is 10.2. The normalized spacial score (nSPS) is 18.2. The molecule has 5 nitrogen and oxygen atoms in total. The van der Waals surface area contributed by atoms with Crippen molar-refractivity contribution in [3.8, 4) is 5.75 Å². The molecule has 0 bridgehead atoms. The number of amides is 1. The van der Waals surface area contributed by atoms with Gasteiger partial charge in [0, 0.05) is 51.4 Å². The van der Waals surface area contributed by atoms with Gasteiger partial charge in [-0.25, -0.2) is 0 Å². The van der Waals surface area contributed by atoms with Crippen molar-refractivity contribution >= 4 is 5.91 Å². The molecule has 28 heavy (non-hydrogen) atoms. The molecular formula is C23H29N3O2. The van der Waals surface area contributed by atoms with Crippen molar-refractivity contribution in [3.63, 3.8) is 0 Å². The monoisotopic (exact) mass is 379 g/mol. The SMILES string of the molecule is Cc1ccccc1CN1CCN(C(=O)CN2CCOc3ccccc3C2)CC1. The maximum absolute atomic E-state index is 12.8. The topological polar surface area (TPSA) is 36.0 Å². The summed E-state index contributed by atoms with van der Waals surface area (Å²) in [4.78, 5) is 19.5. The summed E-state index contributed by atoms with van der Waals surface area (Å²) in [6, 6.07) is 16.7. The fraction of sp³-hybridized carbons (Fsp3) is 0.435. The summed E-state index contributed by atoms with van der Waals surface area (Å²) in [6.45, 7) is 9.29. The molecule has 1 fully saturated rings. The molecule has 2 aliphatic rings. The summed E-state index contributed by atoms with van der Waals surface area (Å²) in [6.07, 6.45) is 0. The zero-order valence-electron chi connectivity index (χ0n) is 16.6. The first-order valence-electron chi connectivity index (χ1n) is 10.2. The summed E-state index contributed by atoms with van der Waals surface area (Å²) >= 11 is 0. The molecule has 2 aliphatic heterocycles. The molecule has 0 unspecified atom stereocenters. The number of aryl methyl sites for hydroxylation is 1. The van der Waals surface area contributed by atoms with Gasteiger partial charge in [0.15, 0.2) is 0 Å². The van der Waals surface area contributed by atoms with E-state index in [-0.39, 0.29) is 5.91 Å². The Balaban J connectivity index is 1.28. The molecule has 2 heterocycles. The maximum atomic E-state index is 12.8. The van der Waals surface area contributed by atoms with E-state index < -0.39 is 0 Å². The Bertz CT molecular complexity index is 815. The highest BCUT2D eigenvalue weighted by Crippen LogP contribution is 2.22. The average molecular weight is 380 g/mol. The number of carbonyl (C=O) groups is 1. The molecule has 2 aromatic rings. The quantitative estimate of drug-likeness (QED) is 0.818. The van der Waals surface area contributed by atoms with Crippen molar-refractivity contribution in [3.05, 3.63) is 65.2 Å². The van der Waals surface area contributed by atoms with E-state index in [0.717, 1.165) is 57.1 Å². The number of para-hydroxylation sites is 1. The zero-order chi connectivity index (χ0) is 19.3. The third-order valence-corrected chi connectivity index (χ3v) is 5.77. The van der Waals surface area contributed by atoms with Gasteiger partial charge in [0.1, 0.15) is 12.4 Å². The Morgan fingerprint density at radius 3 is 2.50 bits per heavy atom. The molecule has 0 spiro atoms. The van der Waals surface area contributed by atoms with Crippen LogP contribution in [0.1, 0.15) is 16.7 Å². The van der Waals surface area contributed by atoms with Gasteiger partial charge in [0.25, 0.3) is 0 Å². The second kappa shape index (κ2) is 8.76. The summed E-state index contributed by atoms with van der Waals surface area (Å²) in [5.41, 5.74) is 3.88. The van der Waals surface area contributed by atoms with E-state index in [9.17, 15) is 4.79 Å². The number of benzene rings is 2. The van der Waals surface area contributed by atoms with Crippen LogP contribution in [-0.4, -0.2) is 66.5 Å². The maximum Gasteiger partial charge on any atom is 0.236 e. The Kier molecular flexibility index (Phi) is 5.93. The van der Waals surface area contributed by atoms with Crippen molar-refractivity contribution in [2.75, 3.05) is 45.9 Å². The van der Waals surface area contributed by atoms with Crippen LogP contribution in [0.15, 0.2) is 48.5 Å². The lowest BCUT2D eigenvalue weighted by Gasteiger charge is -2.36. The molecule has 0 radical (unpaired) electrons. The third-order valence-electron chi connectivity index (χ3n) is 5.77. The van der Waals surface area contributed by atoms with Gasteiger partial charge in [-0.2, -0.15) is 0 Å². The number of hydrogen-bond donors (Lipinski definition) is 0. The lowest BCUT2D eigenvalue weighted by Crippen LogP contribution is -2.51. The summed E-state index contributed by atoms with van der Waals surface area (Å²) in [7, 11) is 0. The number of rotatable bonds is 4. The number of nitrogens with zero attached hydrogens (tertiary/aromatic N) is 3. The highest BCUT2D eigenvalue weighted by atomic mass is 16.5. The van der Waals surface area contributed by atoms with Crippen LogP contribution in [0.25, 0.3) is 0 Å². The molecule has 0 atom stereocenters. The Labute approximate surface area is 167 Å². The number of hydrogen-bond acceptors (Lipinski definition) is 4. The van der Waals surface area contributed by atoms with Crippen molar-refractivity contribution < 1.29 is 9.53 Å². The second-order valence-electron chi connectivity index (χ2n) is 7.75. The Hall–Kier alpha value is -2.37. The van der Waals surface area contributed by atoms with Crippen molar-refractivity contribution in [2.45, 2.75) is 20.0 Å². The first kappa shape index (κ1) is 19.0. The molecular weight excluding hydrogens is 350 g/mol. The van der Waals surface area contributed by atoms with Gasteiger partial charge in [-0.1, -0.05) is 42.5 Å². The lowest BCUT2D eigenvalue weighted by molar-refractivity contribution is -0.134. The fourth-order valence-electron chi connectivity index (χ4n) is 3.99. The summed E-state index contributed by atoms with van der Waals surface area (Å²) in [5.74, 6) is 1.18. The van der Waals surface area contributed by atoms with Crippen molar-refractivity contribution in [2.24, 2.45) is 0 Å². The molecule has 2 aromatic carbocycles. The van der Waals surface area contributed by atoms with Gasteiger partial charge in [0.05, 0.1) is 6.54 Å². The van der Waals surface area contributed by atoms with Crippen LogP contribution < -0.4 is 4.74 Å². The van der Waals surface area contributed by atoms with Crippen LogP contribution in [0.4, 0.5) is 0 Å². The number of carbonyl (C=O) groups excluding carboxylic acids is 1. The van der Waals surface area contributed by atoms with Gasteiger partial charge in [-0.15, -0.1) is 0 Å². The van der Waals surface area contributed by atoms with E-state index in [0.29, 0.717) is 13.2 Å². The van der Waals surface area contributed by atoms with E-state index in [1.54, 1.807) is 0 Å². The van der Waals surface area contributed by atoms with E-state index in [2.05, 4.69) is 47.1 Å². The third kappa shape index (κ3) is 4.54. The molecule has 4 rings (SSSR count). The molecule has 148 valence electrons. The van der Waals surface area contributed by atoms with Crippen LogP contribution in [0.3, 0.4) is 0 Å². The average Bonchev–Trinajstić information content (AvgIpc) is 2.92. The molecule has 0 aromatic heterocycles. The number of piperazine rings is 1. The highest BCUT2D eigenvalue weighted by molar-refractivity contribution is 5.78. The van der Waals surface area contributed by atoms with E-state index >= 15 is 0 Å². The lowest BCUT2D eigenvalue weighted by atomic mass is 10.1. The van der Waals surface area contributed by atoms with Crippen molar-refractivity contribution in [1.82, 2.24) is 14.7 Å². The summed E-state index contributed by atoms with van der Waals surface area (Å²) in [5, 5.41) is 0. The fourth-order valence-corrected chi connectivity index (χ4v) is 3.99. The van der Waals surface area contributed by atoms with Gasteiger partial charge in [0.2, 0.25) is 5.91 Å². The Morgan fingerprint density at radius 2 is 1.68 bits per heavy atom. The molecule has 1 amide bonds. The summed E-state index contributed by atoms with van der Waals surface area (Å²) < 4.78 is 5.81. The van der Waals surface area contributed by atoms with Crippen LogP contribution in [-0.2, 0) is 17.9 Å². The van der Waals surface area contributed by atoms with Gasteiger partial charge in [-0.05, 0) is 24.1 Å². The molecule has 1 saturated heterocycles. The molecule has 0 aliphatic carbocycles. The largest absolute Gasteiger partial charge is 0.492 e. The smallest absolute Gasteiger partial charge is 0.236 e. The minimum absolute atomic E-state index is 0.231. The standard InChI is InChI=1S/C23H29N3O2/c1-19-6-2-3-7-20(19)16-24-10-12-26(13-11-24)23(27)18-25-14-15-28-22-9-5-4-8-21(22)17-25/h2-9H,10-18H2,1H3. The molecule has 5 heteroatoms. The minimum atomic E-state index is 0.231. The van der Waals surface area contributed by atoms with Gasteiger partial charge >= 0.3 is 0 Å².